The van der Waals surface area contributed by atoms with Gasteiger partial charge in [-0.25, -0.2) is 4.39 Å². The number of halogens is 4. The summed E-state index contributed by atoms with van der Waals surface area (Å²) in [5, 5.41) is 9.63. The molecule has 2 aromatic rings. The average molecular weight is 338 g/mol. The van der Waals surface area contributed by atoms with Crippen LogP contribution in [-0.2, 0) is 0 Å². The Morgan fingerprint density at radius 2 is 2.00 bits per heavy atom. The summed E-state index contributed by atoms with van der Waals surface area (Å²) >= 11 is 14.5. The number of nitrogens with one attached hydrogen (secondary N) is 1. The van der Waals surface area contributed by atoms with E-state index in [4.69, 9.17) is 23.2 Å². The molecule has 0 aliphatic rings. The van der Waals surface area contributed by atoms with Gasteiger partial charge in [-0.05, 0) is 39.7 Å². The Morgan fingerprint density at radius 3 is 2.71 bits per heavy atom. The predicted molar refractivity (Wildman–Crippen MR) is 67.2 cm³/mol. The molecule has 88 valence electrons. The van der Waals surface area contributed by atoms with Gasteiger partial charge < -0.3 is 5.32 Å². The third-order valence-electron chi connectivity index (χ3n) is 1.83. The minimum absolute atomic E-state index is 0.00422. The van der Waals surface area contributed by atoms with E-state index in [1.807, 2.05) is 0 Å². The molecule has 0 fully saturated rings. The number of hydrogen-bond donors (Lipinski definition) is 1. The lowest BCUT2D eigenvalue weighted by Gasteiger charge is -2.09. The number of aromatic nitrogens is 3. The van der Waals surface area contributed by atoms with Crippen LogP contribution >= 0.6 is 39.1 Å². The number of rotatable bonds is 2. The fourth-order valence-electron chi connectivity index (χ4n) is 1.11. The van der Waals surface area contributed by atoms with Gasteiger partial charge in [0.2, 0.25) is 5.28 Å². The fraction of sp³-hybridized carbons (Fsp3) is 0. The molecule has 0 saturated heterocycles. The van der Waals surface area contributed by atoms with Crippen molar-refractivity contribution in [2.24, 2.45) is 0 Å². The summed E-state index contributed by atoms with van der Waals surface area (Å²) in [6.07, 6.45) is 0. The number of anilines is 2. The van der Waals surface area contributed by atoms with Crippen LogP contribution in [0, 0.1) is 5.82 Å². The smallest absolute Gasteiger partial charge is 0.245 e. The van der Waals surface area contributed by atoms with Gasteiger partial charge in [0, 0.05) is 4.47 Å². The first-order chi connectivity index (χ1) is 8.08. The van der Waals surface area contributed by atoms with Gasteiger partial charge in [0.25, 0.3) is 0 Å². The predicted octanol–water partition coefficient (Wildman–Crippen LogP) is 3.82. The number of benzene rings is 1. The molecule has 0 amide bonds. The van der Waals surface area contributed by atoms with Gasteiger partial charge in [0.1, 0.15) is 5.82 Å². The summed E-state index contributed by atoms with van der Waals surface area (Å²) < 4.78 is 14.1. The van der Waals surface area contributed by atoms with Gasteiger partial charge in [-0.3, -0.25) is 0 Å². The van der Waals surface area contributed by atoms with Gasteiger partial charge in [-0.1, -0.05) is 17.7 Å². The summed E-state index contributed by atoms with van der Waals surface area (Å²) in [4.78, 5) is 3.81. The first-order valence-corrected chi connectivity index (χ1v) is 5.89. The highest BCUT2D eigenvalue weighted by Crippen LogP contribution is 2.29. The van der Waals surface area contributed by atoms with E-state index in [0.29, 0.717) is 4.47 Å². The second-order valence-corrected chi connectivity index (χ2v) is 4.49. The largest absolute Gasteiger partial charge is 0.334 e. The second-order valence-electron chi connectivity index (χ2n) is 2.94. The maximum absolute atomic E-state index is 13.5. The molecule has 0 unspecified atom stereocenters. The Balaban J connectivity index is 2.41. The van der Waals surface area contributed by atoms with Crippen LogP contribution in [0.5, 0.6) is 0 Å². The van der Waals surface area contributed by atoms with Gasteiger partial charge in [0.05, 0.1) is 5.69 Å². The van der Waals surface area contributed by atoms with Crippen molar-refractivity contribution >= 4 is 50.6 Å². The number of nitrogens with zero attached hydrogens (tertiary/aromatic N) is 3. The van der Waals surface area contributed by atoms with E-state index in [1.165, 1.54) is 6.07 Å². The number of para-hydroxylation sites is 1. The van der Waals surface area contributed by atoms with E-state index in [1.54, 1.807) is 12.1 Å². The Bertz CT molecular complexity index is 546. The molecule has 2 rings (SSSR count). The molecule has 8 heteroatoms. The zero-order chi connectivity index (χ0) is 12.4. The number of hydrogen-bond acceptors (Lipinski definition) is 4. The van der Waals surface area contributed by atoms with Crippen molar-refractivity contribution < 1.29 is 4.39 Å². The topological polar surface area (TPSA) is 50.7 Å². The van der Waals surface area contributed by atoms with Crippen molar-refractivity contribution in [3.63, 3.8) is 0 Å². The van der Waals surface area contributed by atoms with Gasteiger partial charge >= 0.3 is 0 Å². The van der Waals surface area contributed by atoms with E-state index in [0.717, 1.165) is 0 Å². The van der Waals surface area contributed by atoms with Crippen molar-refractivity contribution in [3.8, 4) is 0 Å². The lowest BCUT2D eigenvalue weighted by molar-refractivity contribution is 0.631. The van der Waals surface area contributed by atoms with E-state index < -0.39 is 5.82 Å². The van der Waals surface area contributed by atoms with Crippen molar-refractivity contribution in [3.05, 3.63) is 38.9 Å². The molecule has 4 nitrogen and oxygen atoms in total. The van der Waals surface area contributed by atoms with Crippen molar-refractivity contribution in [2.75, 3.05) is 5.32 Å². The molecule has 0 spiro atoms. The Labute approximate surface area is 114 Å². The molecule has 1 aromatic heterocycles. The van der Waals surface area contributed by atoms with E-state index in [-0.39, 0.29) is 21.9 Å². The standard InChI is InChI=1S/C9H4BrCl2FN4/c10-4-2-1-3-5(13)6(4)14-8-7(11)16-17-9(12)15-8/h1-3H,(H,14,15,17). The maximum Gasteiger partial charge on any atom is 0.245 e. The summed E-state index contributed by atoms with van der Waals surface area (Å²) in [7, 11) is 0. The zero-order valence-corrected chi connectivity index (χ0v) is 11.2. The average Bonchev–Trinajstić information content (AvgIpc) is 2.28. The van der Waals surface area contributed by atoms with Gasteiger partial charge in [-0.2, -0.15) is 4.98 Å². The van der Waals surface area contributed by atoms with Crippen molar-refractivity contribution in [1.29, 1.82) is 0 Å². The van der Waals surface area contributed by atoms with Crippen LogP contribution in [0.3, 0.4) is 0 Å². The molecule has 17 heavy (non-hydrogen) atoms. The van der Waals surface area contributed by atoms with Crippen LogP contribution in [0.25, 0.3) is 0 Å². The summed E-state index contributed by atoms with van der Waals surface area (Å²) in [6, 6.07) is 4.55. The molecule has 1 heterocycles. The fourth-order valence-corrected chi connectivity index (χ4v) is 1.80. The summed E-state index contributed by atoms with van der Waals surface area (Å²) in [5.74, 6) is -0.317. The lowest BCUT2D eigenvalue weighted by Crippen LogP contribution is -2.01. The molecule has 0 aliphatic heterocycles. The SMILES string of the molecule is Fc1cccc(Br)c1Nc1nc(Cl)nnc1Cl. The Hall–Kier alpha value is -0.980. The first kappa shape index (κ1) is 12.5. The molecule has 0 bridgehead atoms. The van der Waals surface area contributed by atoms with Crippen LogP contribution in [-0.4, -0.2) is 15.2 Å². The minimum atomic E-state index is -0.454. The van der Waals surface area contributed by atoms with Gasteiger partial charge in [-0.15, -0.1) is 10.2 Å². The van der Waals surface area contributed by atoms with E-state index in [9.17, 15) is 4.39 Å². The van der Waals surface area contributed by atoms with E-state index >= 15 is 0 Å². The van der Waals surface area contributed by atoms with Crippen LogP contribution in [0.4, 0.5) is 15.9 Å². The van der Waals surface area contributed by atoms with Crippen molar-refractivity contribution in [1.82, 2.24) is 15.2 Å². The van der Waals surface area contributed by atoms with Gasteiger partial charge in [0.15, 0.2) is 11.0 Å². The lowest BCUT2D eigenvalue weighted by atomic mass is 10.3. The third kappa shape index (κ3) is 2.83. The van der Waals surface area contributed by atoms with Crippen LogP contribution in [0.15, 0.2) is 22.7 Å². The highest BCUT2D eigenvalue weighted by atomic mass is 79.9. The summed E-state index contributed by atoms with van der Waals surface area (Å²) in [5.41, 5.74) is 0.200. The quantitative estimate of drug-likeness (QED) is 0.905. The molecule has 1 aromatic carbocycles. The zero-order valence-electron chi connectivity index (χ0n) is 8.09. The molecule has 0 atom stereocenters. The summed E-state index contributed by atoms with van der Waals surface area (Å²) in [6.45, 7) is 0. The monoisotopic (exact) mass is 336 g/mol. The minimum Gasteiger partial charge on any atom is -0.334 e. The van der Waals surface area contributed by atoms with Crippen molar-refractivity contribution in [2.45, 2.75) is 0 Å². The molecule has 0 radical (unpaired) electrons. The first-order valence-electron chi connectivity index (χ1n) is 4.34. The van der Waals surface area contributed by atoms with E-state index in [2.05, 4.69) is 36.4 Å². The Morgan fingerprint density at radius 1 is 1.24 bits per heavy atom. The molecule has 1 N–H and O–H groups in total. The normalized spacial score (nSPS) is 10.4. The third-order valence-corrected chi connectivity index (χ3v) is 2.90. The second kappa shape index (κ2) is 5.12. The highest BCUT2D eigenvalue weighted by molar-refractivity contribution is 9.10. The van der Waals surface area contributed by atoms with Crippen LogP contribution in [0.2, 0.25) is 10.4 Å². The maximum atomic E-state index is 13.5. The van der Waals surface area contributed by atoms with Crippen LogP contribution < -0.4 is 5.32 Å². The highest BCUT2D eigenvalue weighted by Gasteiger charge is 2.11. The molecule has 0 saturated carbocycles. The molecular weight excluding hydrogens is 334 g/mol. The molecule has 0 aliphatic carbocycles. The molecular formula is C9H4BrCl2FN4. The Kier molecular flexibility index (Phi) is 3.76. The van der Waals surface area contributed by atoms with Crippen LogP contribution in [0.1, 0.15) is 0 Å².